The average molecular weight is 301 g/mol. The highest BCUT2D eigenvalue weighted by molar-refractivity contribution is 5.95. The molecule has 1 aromatic heterocycles. The fourth-order valence-corrected chi connectivity index (χ4v) is 2.83. The molecule has 5 heteroatoms. The number of hydrogen-bond acceptors (Lipinski definition) is 3. The normalized spacial score (nSPS) is 24.8. The van der Waals surface area contributed by atoms with E-state index < -0.39 is 6.98 Å². The van der Waals surface area contributed by atoms with Crippen LogP contribution in [0.1, 0.15) is 41.9 Å². The Balaban J connectivity index is 2.18. The minimum atomic E-state index is -2.45. The number of aryl methyl sites for hydroxylation is 1. The highest BCUT2D eigenvalue weighted by Crippen LogP contribution is 2.31. The Bertz CT molecular complexity index is 784. The summed E-state index contributed by atoms with van der Waals surface area (Å²) in [7, 11) is 0. The predicted molar refractivity (Wildman–Crippen MR) is 87.2 cm³/mol. The van der Waals surface area contributed by atoms with Crippen molar-refractivity contribution in [1.29, 1.82) is 0 Å². The van der Waals surface area contributed by atoms with Gasteiger partial charge in [0, 0.05) is 28.6 Å². The molecule has 1 aromatic carbocycles. The summed E-state index contributed by atoms with van der Waals surface area (Å²) in [5.41, 5.74) is 8.67. The molecule has 0 unspecified atom stereocenters. The van der Waals surface area contributed by atoms with Crippen LogP contribution in [0.5, 0.6) is 0 Å². The number of nitrogens with one attached hydrogen (secondary N) is 1. The van der Waals surface area contributed by atoms with Crippen LogP contribution in [0.2, 0.25) is 0 Å². The van der Waals surface area contributed by atoms with Gasteiger partial charge in [-0.1, -0.05) is 31.5 Å². The zero-order valence-electron chi connectivity index (χ0n) is 15.5. The van der Waals surface area contributed by atoms with E-state index in [1.165, 1.54) is 6.20 Å². The second-order valence-electron chi connectivity index (χ2n) is 5.87. The van der Waals surface area contributed by atoms with Crippen LogP contribution in [-0.4, -0.2) is 15.7 Å². The van der Waals surface area contributed by atoms with Crippen molar-refractivity contribution in [1.82, 2.24) is 9.78 Å². The lowest BCUT2D eigenvalue weighted by Crippen LogP contribution is -2.21. The maximum Gasteiger partial charge on any atom is 0.227 e. The smallest absolute Gasteiger partial charge is 0.227 e. The lowest BCUT2D eigenvalue weighted by atomic mass is 9.95. The van der Waals surface area contributed by atoms with E-state index in [1.807, 2.05) is 25.1 Å². The molecule has 2 atom stereocenters. The van der Waals surface area contributed by atoms with Crippen molar-refractivity contribution in [2.75, 3.05) is 5.32 Å². The fourth-order valence-electron chi connectivity index (χ4n) is 2.83. The number of hydrogen-bond donors (Lipinski definition) is 2. The summed E-state index contributed by atoms with van der Waals surface area (Å²) < 4.78 is 24.2. The van der Waals surface area contributed by atoms with Gasteiger partial charge in [0.25, 0.3) is 0 Å². The summed E-state index contributed by atoms with van der Waals surface area (Å²) in [6.07, 6.45) is 3.74. The molecule has 2 aromatic rings. The molecule has 1 aliphatic rings. The molecule has 2 heterocycles. The van der Waals surface area contributed by atoms with Crippen LogP contribution in [0.15, 0.2) is 30.5 Å². The Morgan fingerprint density at radius 3 is 3.14 bits per heavy atom. The molecule has 3 rings (SSSR count). The summed E-state index contributed by atoms with van der Waals surface area (Å²) >= 11 is 0. The Morgan fingerprint density at radius 1 is 1.45 bits per heavy atom. The van der Waals surface area contributed by atoms with Crippen molar-refractivity contribution in [3.8, 4) is 11.3 Å². The molecule has 3 N–H and O–H groups in total. The number of rotatable bonds is 0. The number of carbonyl (C=O) groups excluding carboxylic acids is 1. The monoisotopic (exact) mass is 301 g/mol. The Morgan fingerprint density at radius 2 is 2.32 bits per heavy atom. The molecule has 0 radical (unpaired) electrons. The van der Waals surface area contributed by atoms with Crippen molar-refractivity contribution in [3.05, 3.63) is 36.0 Å². The minimum absolute atomic E-state index is 0.142. The fraction of sp³-hybridized carbons (Fsp3) is 0.412. The second-order valence-corrected chi connectivity index (χ2v) is 5.87. The first kappa shape index (κ1) is 11.4. The van der Waals surface area contributed by atoms with E-state index >= 15 is 0 Å². The van der Waals surface area contributed by atoms with Gasteiger partial charge in [-0.05, 0) is 24.5 Å². The van der Waals surface area contributed by atoms with Crippen molar-refractivity contribution in [2.45, 2.75) is 32.2 Å². The van der Waals surface area contributed by atoms with E-state index in [1.54, 1.807) is 6.07 Å². The number of anilines is 1. The molecule has 1 amide bonds. The largest absolute Gasteiger partial charge is 0.324 e. The van der Waals surface area contributed by atoms with Gasteiger partial charge < -0.3 is 11.1 Å². The molecule has 0 saturated carbocycles. The van der Waals surface area contributed by atoms with E-state index in [9.17, 15) is 4.79 Å². The standard InChI is InChI=1S/C17H22N4O/c1-11-5-3-8-14(18)12-6-4-7-13(9-12)16-15(20-17(11)22)10-19-21(16)2/h4,6-7,9-11,14H,3,5,8,18H2,1-2H3,(H,20,22)/t11-,14+/m1/s1/i2D3. The van der Waals surface area contributed by atoms with Crippen LogP contribution in [0.25, 0.3) is 11.3 Å². The van der Waals surface area contributed by atoms with Crippen molar-refractivity contribution < 1.29 is 8.91 Å². The molecule has 0 saturated heterocycles. The van der Waals surface area contributed by atoms with E-state index in [4.69, 9.17) is 9.85 Å². The molecular weight excluding hydrogens is 276 g/mol. The van der Waals surface area contributed by atoms with E-state index in [0.29, 0.717) is 16.9 Å². The first-order chi connectivity index (χ1) is 11.8. The number of nitrogens with zero attached hydrogens (tertiary/aromatic N) is 2. The van der Waals surface area contributed by atoms with Crippen LogP contribution in [0, 0.1) is 5.92 Å². The Hall–Kier alpha value is -2.14. The molecule has 2 bridgehead atoms. The molecule has 116 valence electrons. The van der Waals surface area contributed by atoms with Gasteiger partial charge in [-0.25, -0.2) is 0 Å². The Kier molecular flexibility index (Phi) is 3.08. The van der Waals surface area contributed by atoms with Crippen molar-refractivity contribution in [2.24, 2.45) is 18.6 Å². The number of carbonyl (C=O) groups is 1. The van der Waals surface area contributed by atoms with Crippen LogP contribution < -0.4 is 11.1 Å². The third-order valence-electron chi connectivity index (χ3n) is 4.22. The van der Waals surface area contributed by atoms with Gasteiger partial charge in [-0.3, -0.25) is 9.48 Å². The van der Waals surface area contributed by atoms with Gasteiger partial charge >= 0.3 is 0 Å². The molecular formula is C17H22N4O. The van der Waals surface area contributed by atoms with E-state index in [-0.39, 0.29) is 17.9 Å². The van der Waals surface area contributed by atoms with Gasteiger partial charge in [-0.2, -0.15) is 5.10 Å². The number of nitrogens with two attached hydrogens (primary N) is 1. The average Bonchev–Trinajstić information content (AvgIpc) is 2.97. The maximum absolute atomic E-state index is 12.4. The van der Waals surface area contributed by atoms with Gasteiger partial charge in [0.2, 0.25) is 5.91 Å². The SMILES string of the molecule is [2H]C([2H])([2H])n1ncc2c1-c1cccc(c1)[C@@H](N)CCC[C@@H](C)C(=O)N2. The van der Waals surface area contributed by atoms with E-state index in [0.717, 1.165) is 29.5 Å². The molecule has 0 spiro atoms. The van der Waals surface area contributed by atoms with Gasteiger partial charge in [0.1, 0.15) is 0 Å². The van der Waals surface area contributed by atoms with Gasteiger partial charge in [0.05, 0.1) is 17.6 Å². The quantitative estimate of drug-likeness (QED) is 0.786. The molecule has 22 heavy (non-hydrogen) atoms. The lowest BCUT2D eigenvalue weighted by molar-refractivity contribution is -0.119. The van der Waals surface area contributed by atoms with Crippen molar-refractivity contribution >= 4 is 11.6 Å². The summed E-state index contributed by atoms with van der Waals surface area (Å²) in [6, 6.07) is 7.33. The molecule has 0 fully saturated rings. The first-order valence-corrected chi connectivity index (χ1v) is 7.52. The highest BCUT2D eigenvalue weighted by atomic mass is 16.1. The Labute approximate surface area is 134 Å². The minimum Gasteiger partial charge on any atom is -0.324 e. The molecule has 1 aliphatic heterocycles. The predicted octanol–water partition coefficient (Wildman–Crippen LogP) is 2.85. The van der Waals surface area contributed by atoms with Crippen LogP contribution >= 0.6 is 0 Å². The topological polar surface area (TPSA) is 72.9 Å². The zero-order chi connectivity index (χ0) is 18.2. The third-order valence-corrected chi connectivity index (χ3v) is 4.22. The molecule has 0 aliphatic carbocycles. The van der Waals surface area contributed by atoms with Crippen LogP contribution in [0.3, 0.4) is 0 Å². The lowest BCUT2D eigenvalue weighted by Gasteiger charge is -2.18. The second kappa shape index (κ2) is 5.93. The van der Waals surface area contributed by atoms with Gasteiger partial charge in [0.15, 0.2) is 0 Å². The summed E-state index contributed by atoms with van der Waals surface area (Å²) in [4.78, 5) is 12.4. The first-order valence-electron chi connectivity index (χ1n) is 9.02. The van der Waals surface area contributed by atoms with Crippen molar-refractivity contribution in [3.63, 3.8) is 0 Å². The van der Waals surface area contributed by atoms with Crippen LogP contribution in [0.4, 0.5) is 5.69 Å². The zero-order valence-corrected chi connectivity index (χ0v) is 12.5. The highest BCUT2D eigenvalue weighted by Gasteiger charge is 2.20. The maximum atomic E-state index is 12.4. The number of fused-ring (bicyclic) bond motifs is 4. The van der Waals surface area contributed by atoms with E-state index in [2.05, 4.69) is 10.4 Å². The van der Waals surface area contributed by atoms with Gasteiger partial charge in [-0.15, -0.1) is 0 Å². The third kappa shape index (κ3) is 2.76. The van der Waals surface area contributed by atoms with Crippen LogP contribution in [-0.2, 0) is 11.8 Å². The summed E-state index contributed by atoms with van der Waals surface area (Å²) in [6.45, 7) is -0.584. The number of benzene rings is 1. The number of amides is 1. The summed E-state index contributed by atoms with van der Waals surface area (Å²) in [5, 5.41) is 6.84. The molecule has 5 nitrogen and oxygen atoms in total. The number of aromatic nitrogens is 2. The summed E-state index contributed by atoms with van der Waals surface area (Å²) in [5.74, 6) is -0.328.